The van der Waals surface area contributed by atoms with Crippen molar-refractivity contribution in [2.24, 2.45) is 0 Å². The van der Waals surface area contributed by atoms with E-state index in [1.807, 2.05) is 6.07 Å². The molecule has 2 heterocycles. The van der Waals surface area contributed by atoms with E-state index >= 15 is 0 Å². The summed E-state index contributed by atoms with van der Waals surface area (Å²) in [5.41, 5.74) is 1.75. The van der Waals surface area contributed by atoms with Gasteiger partial charge >= 0.3 is 11.9 Å². The SMILES string of the molecule is O=C(O)/C=C\C(=O)O.O[C@H]1CCCN[C@@H]1CCCn1cnc2c(Cl)c(Cl)ccc21. The molecule has 1 saturated heterocycles. The molecule has 0 amide bonds. The van der Waals surface area contributed by atoms with E-state index in [1.54, 1.807) is 12.4 Å². The van der Waals surface area contributed by atoms with Crippen LogP contribution in [0.2, 0.25) is 10.0 Å². The number of aliphatic hydroxyl groups is 1. The topological polar surface area (TPSA) is 125 Å². The molecule has 0 spiro atoms. The summed E-state index contributed by atoms with van der Waals surface area (Å²) >= 11 is 12.2. The highest BCUT2D eigenvalue weighted by molar-refractivity contribution is 6.44. The number of imidazole rings is 1. The zero-order valence-corrected chi connectivity index (χ0v) is 17.1. The molecule has 1 aliphatic heterocycles. The van der Waals surface area contributed by atoms with E-state index in [0.717, 1.165) is 49.8 Å². The second kappa shape index (κ2) is 11.2. The summed E-state index contributed by atoms with van der Waals surface area (Å²) in [4.78, 5) is 23.4. The van der Waals surface area contributed by atoms with Crippen molar-refractivity contribution in [2.45, 2.75) is 44.4 Å². The number of rotatable bonds is 6. The number of carboxylic acid groups (broad SMARTS) is 2. The molecular formula is C19H23Cl2N3O5. The molecule has 0 unspecified atom stereocenters. The molecule has 158 valence electrons. The lowest BCUT2D eigenvalue weighted by Crippen LogP contribution is -2.44. The predicted octanol–water partition coefficient (Wildman–Crippen LogP) is 2.95. The fourth-order valence-corrected chi connectivity index (χ4v) is 3.47. The number of aryl methyl sites for hydroxylation is 1. The molecule has 1 aromatic heterocycles. The first-order valence-electron chi connectivity index (χ1n) is 9.13. The van der Waals surface area contributed by atoms with Gasteiger partial charge in [-0.3, -0.25) is 0 Å². The van der Waals surface area contributed by atoms with Gasteiger partial charge in [0.05, 0.1) is 28.0 Å². The van der Waals surface area contributed by atoms with Gasteiger partial charge in [-0.05, 0) is 44.4 Å². The van der Waals surface area contributed by atoms with Gasteiger partial charge in [0, 0.05) is 24.7 Å². The van der Waals surface area contributed by atoms with Crippen LogP contribution in [0.1, 0.15) is 25.7 Å². The number of halogens is 2. The van der Waals surface area contributed by atoms with E-state index in [9.17, 15) is 14.7 Å². The molecule has 0 saturated carbocycles. The van der Waals surface area contributed by atoms with Crippen molar-refractivity contribution in [2.75, 3.05) is 6.54 Å². The molecule has 29 heavy (non-hydrogen) atoms. The second-order valence-corrected chi connectivity index (χ2v) is 7.37. The Morgan fingerprint density at radius 3 is 2.55 bits per heavy atom. The quantitative estimate of drug-likeness (QED) is 0.505. The highest BCUT2D eigenvalue weighted by Gasteiger charge is 2.21. The number of carboxylic acids is 2. The van der Waals surface area contributed by atoms with Gasteiger partial charge in [-0.2, -0.15) is 0 Å². The molecule has 1 fully saturated rings. The summed E-state index contributed by atoms with van der Waals surface area (Å²) in [7, 11) is 0. The standard InChI is InChI=1S/C15H19Cl2N3O.C4H4O4/c16-10-5-6-12-15(14(10)17)19-9-20(12)8-2-3-11-13(21)4-1-7-18-11;5-3(6)1-2-4(7)8/h5-6,9,11,13,18,21H,1-4,7-8H2;1-2H,(H,5,6)(H,7,8)/b;2-1-/t11-,13+;/m1./s1. The first kappa shape index (κ1) is 23.2. The van der Waals surface area contributed by atoms with Gasteiger partial charge < -0.3 is 25.2 Å². The van der Waals surface area contributed by atoms with E-state index in [4.69, 9.17) is 33.4 Å². The Hall–Kier alpha value is -2.13. The number of nitrogens with zero attached hydrogens (tertiary/aromatic N) is 2. The molecule has 3 rings (SSSR count). The summed E-state index contributed by atoms with van der Waals surface area (Å²) in [6.45, 7) is 1.86. The number of hydrogen-bond acceptors (Lipinski definition) is 5. The average Bonchev–Trinajstić information content (AvgIpc) is 3.09. The van der Waals surface area contributed by atoms with E-state index in [-0.39, 0.29) is 12.1 Å². The Balaban J connectivity index is 0.000000321. The third kappa shape index (κ3) is 7.01. The molecule has 1 aromatic carbocycles. The molecular weight excluding hydrogens is 421 g/mol. The fourth-order valence-electron chi connectivity index (χ4n) is 3.11. The lowest BCUT2D eigenvalue weighted by Gasteiger charge is -2.29. The number of carbonyl (C=O) groups is 2. The van der Waals surface area contributed by atoms with Gasteiger partial charge in [-0.15, -0.1) is 0 Å². The van der Waals surface area contributed by atoms with Crippen molar-refractivity contribution in [3.63, 3.8) is 0 Å². The third-order valence-electron chi connectivity index (χ3n) is 4.51. The number of piperidine rings is 1. The molecule has 0 radical (unpaired) electrons. The maximum absolute atomic E-state index is 9.95. The minimum atomic E-state index is -1.26. The Labute approximate surface area is 177 Å². The number of benzene rings is 1. The van der Waals surface area contributed by atoms with Gasteiger partial charge in [0.15, 0.2) is 0 Å². The lowest BCUT2D eigenvalue weighted by atomic mass is 9.97. The van der Waals surface area contributed by atoms with Crippen molar-refractivity contribution in [3.05, 3.63) is 40.7 Å². The van der Waals surface area contributed by atoms with Crippen LogP contribution in [0.25, 0.3) is 11.0 Å². The minimum Gasteiger partial charge on any atom is -0.478 e. The van der Waals surface area contributed by atoms with Crippen molar-refractivity contribution in [1.29, 1.82) is 0 Å². The first-order valence-corrected chi connectivity index (χ1v) is 9.89. The van der Waals surface area contributed by atoms with Gasteiger partial charge in [-0.1, -0.05) is 23.2 Å². The van der Waals surface area contributed by atoms with E-state index in [0.29, 0.717) is 22.2 Å². The molecule has 8 nitrogen and oxygen atoms in total. The van der Waals surface area contributed by atoms with Crippen LogP contribution in [0.5, 0.6) is 0 Å². The van der Waals surface area contributed by atoms with Crippen molar-refractivity contribution in [3.8, 4) is 0 Å². The highest BCUT2D eigenvalue weighted by Crippen LogP contribution is 2.29. The zero-order valence-electron chi connectivity index (χ0n) is 15.6. The molecule has 2 atom stereocenters. The average molecular weight is 444 g/mol. The van der Waals surface area contributed by atoms with Gasteiger partial charge in [0.2, 0.25) is 0 Å². The number of aliphatic hydroxyl groups excluding tert-OH is 1. The van der Waals surface area contributed by atoms with Crippen LogP contribution in [0.15, 0.2) is 30.6 Å². The maximum atomic E-state index is 9.95. The van der Waals surface area contributed by atoms with Crippen LogP contribution < -0.4 is 5.32 Å². The normalized spacial score (nSPS) is 19.1. The Morgan fingerprint density at radius 2 is 1.93 bits per heavy atom. The van der Waals surface area contributed by atoms with Crippen LogP contribution >= 0.6 is 23.2 Å². The number of fused-ring (bicyclic) bond motifs is 1. The maximum Gasteiger partial charge on any atom is 0.328 e. The summed E-state index contributed by atoms with van der Waals surface area (Å²) in [6.07, 6.45) is 6.61. The summed E-state index contributed by atoms with van der Waals surface area (Å²) in [6, 6.07) is 3.97. The second-order valence-electron chi connectivity index (χ2n) is 6.59. The molecule has 0 aliphatic carbocycles. The minimum absolute atomic E-state index is 0.214. The van der Waals surface area contributed by atoms with Gasteiger partial charge in [0.25, 0.3) is 0 Å². The van der Waals surface area contributed by atoms with Crippen LogP contribution in [0, 0.1) is 0 Å². The summed E-state index contributed by atoms with van der Waals surface area (Å²) in [5.74, 6) is -2.51. The van der Waals surface area contributed by atoms with Gasteiger partial charge in [-0.25, -0.2) is 14.6 Å². The zero-order chi connectivity index (χ0) is 21.4. The number of hydrogen-bond donors (Lipinski definition) is 4. The monoisotopic (exact) mass is 443 g/mol. The fraction of sp³-hybridized carbons (Fsp3) is 0.421. The van der Waals surface area contributed by atoms with E-state index in [1.165, 1.54) is 0 Å². The van der Waals surface area contributed by atoms with Crippen molar-refractivity contribution in [1.82, 2.24) is 14.9 Å². The highest BCUT2D eigenvalue weighted by atomic mass is 35.5. The first-order chi connectivity index (χ1) is 13.8. The van der Waals surface area contributed by atoms with Crippen LogP contribution in [-0.4, -0.2) is 55.5 Å². The summed E-state index contributed by atoms with van der Waals surface area (Å²) < 4.78 is 2.09. The molecule has 4 N–H and O–H groups in total. The van der Waals surface area contributed by atoms with E-state index in [2.05, 4.69) is 14.9 Å². The number of nitrogens with one attached hydrogen (secondary N) is 1. The van der Waals surface area contributed by atoms with Crippen molar-refractivity contribution < 1.29 is 24.9 Å². The summed E-state index contributed by atoms with van der Waals surface area (Å²) in [5, 5.41) is 30.0. The van der Waals surface area contributed by atoms with Crippen LogP contribution in [-0.2, 0) is 16.1 Å². The molecule has 2 aromatic rings. The molecule has 1 aliphatic rings. The largest absolute Gasteiger partial charge is 0.478 e. The Morgan fingerprint density at radius 1 is 1.24 bits per heavy atom. The lowest BCUT2D eigenvalue weighted by molar-refractivity contribution is -0.134. The number of aromatic nitrogens is 2. The number of aliphatic carboxylic acids is 2. The Kier molecular flexibility index (Phi) is 8.91. The van der Waals surface area contributed by atoms with Gasteiger partial charge in [0.1, 0.15) is 5.52 Å². The van der Waals surface area contributed by atoms with Crippen LogP contribution in [0.4, 0.5) is 0 Å². The Bertz CT molecular complexity index is 868. The third-order valence-corrected chi connectivity index (χ3v) is 5.31. The molecule has 10 heteroatoms. The smallest absolute Gasteiger partial charge is 0.328 e. The van der Waals surface area contributed by atoms with E-state index < -0.39 is 11.9 Å². The molecule has 0 bridgehead atoms. The van der Waals surface area contributed by atoms with Crippen LogP contribution in [0.3, 0.4) is 0 Å². The van der Waals surface area contributed by atoms with Crippen molar-refractivity contribution >= 4 is 46.2 Å². The predicted molar refractivity (Wildman–Crippen MR) is 110 cm³/mol.